The summed E-state index contributed by atoms with van der Waals surface area (Å²) in [6.45, 7) is 7.94. The zero-order chi connectivity index (χ0) is 31.2. The van der Waals surface area contributed by atoms with Gasteiger partial charge in [0.25, 0.3) is 11.5 Å². The number of nitrogens with zero attached hydrogens (tertiary/aromatic N) is 4. The number of fused-ring (bicyclic) bond motifs is 1. The molecule has 0 aliphatic carbocycles. The molecule has 0 saturated carbocycles. The van der Waals surface area contributed by atoms with Gasteiger partial charge >= 0.3 is 6.09 Å². The quantitative estimate of drug-likeness (QED) is 0.401. The predicted octanol–water partition coefficient (Wildman–Crippen LogP) is 4.07. The van der Waals surface area contributed by atoms with Gasteiger partial charge in [0.2, 0.25) is 0 Å². The fraction of sp³-hybridized carbons (Fsp3) is 0.517. The van der Waals surface area contributed by atoms with E-state index < -0.39 is 33.5 Å². The number of likely N-dealkylation sites (tertiary alicyclic amines) is 1. The van der Waals surface area contributed by atoms with E-state index in [1.807, 2.05) is 6.92 Å². The Labute approximate surface area is 248 Å². The molecule has 2 aromatic heterocycles. The predicted molar refractivity (Wildman–Crippen MR) is 159 cm³/mol. The number of rotatable bonds is 7. The molecule has 1 aromatic carbocycles. The number of hydrogen-bond acceptors (Lipinski definition) is 9. The minimum Gasteiger partial charge on any atom is -0.444 e. The van der Waals surface area contributed by atoms with Crippen LogP contribution in [0.2, 0.25) is 0 Å². The van der Waals surface area contributed by atoms with Crippen LogP contribution in [0.3, 0.4) is 0 Å². The lowest BCUT2D eigenvalue weighted by atomic mass is 9.89. The first-order chi connectivity index (χ1) is 20.1. The maximum absolute atomic E-state index is 15.4. The zero-order valence-electron chi connectivity index (χ0n) is 24.6. The summed E-state index contributed by atoms with van der Waals surface area (Å²) in [7, 11) is -3.13. The molecule has 5 rings (SSSR count). The van der Waals surface area contributed by atoms with Crippen molar-refractivity contribution in [3.05, 3.63) is 58.1 Å². The number of pyridine rings is 1. The third kappa shape index (κ3) is 7.06. The number of alkyl halides is 2. The molecule has 1 amide bonds. The summed E-state index contributed by atoms with van der Waals surface area (Å²) >= 11 is 0. The summed E-state index contributed by atoms with van der Waals surface area (Å²) < 4.78 is 59.8. The Kier molecular flexibility index (Phi) is 8.09. The number of sulfone groups is 1. The van der Waals surface area contributed by atoms with Crippen molar-refractivity contribution in [3.63, 3.8) is 0 Å². The summed E-state index contributed by atoms with van der Waals surface area (Å²) in [6.07, 6.45) is 0.415. The molecular weight excluding hydrogens is 582 g/mol. The smallest absolute Gasteiger partial charge is 0.410 e. The number of halogens is 2. The molecule has 232 valence electrons. The Bertz CT molecular complexity index is 1670. The molecule has 4 heterocycles. The number of ether oxygens (including phenoxy) is 1. The third-order valence-electron chi connectivity index (χ3n) is 7.63. The molecule has 2 saturated heterocycles. The van der Waals surface area contributed by atoms with Crippen LogP contribution in [0.5, 0.6) is 0 Å². The number of benzene rings is 1. The largest absolute Gasteiger partial charge is 0.444 e. The molecule has 0 bridgehead atoms. The van der Waals surface area contributed by atoms with E-state index in [4.69, 9.17) is 4.74 Å². The van der Waals surface area contributed by atoms with Gasteiger partial charge in [0, 0.05) is 50.1 Å². The molecule has 2 fully saturated rings. The molecule has 0 spiro atoms. The van der Waals surface area contributed by atoms with Crippen molar-refractivity contribution in [1.29, 1.82) is 0 Å². The number of nitrogens with one attached hydrogen (secondary N) is 2. The summed E-state index contributed by atoms with van der Waals surface area (Å²) in [6, 6.07) is 7.39. The molecule has 1 atom stereocenters. The van der Waals surface area contributed by atoms with E-state index >= 15 is 8.78 Å². The first-order valence-electron chi connectivity index (χ1n) is 14.2. The van der Waals surface area contributed by atoms with E-state index in [0.29, 0.717) is 28.1 Å². The minimum atomic E-state index is -3.13. The molecule has 43 heavy (non-hydrogen) atoms. The van der Waals surface area contributed by atoms with Gasteiger partial charge in [0.1, 0.15) is 29.1 Å². The summed E-state index contributed by atoms with van der Waals surface area (Å²) in [5.74, 6) is -3.12. The first kappa shape index (κ1) is 30.6. The lowest BCUT2D eigenvalue weighted by Gasteiger charge is -2.41. The van der Waals surface area contributed by atoms with Gasteiger partial charge in [-0.3, -0.25) is 4.79 Å². The second kappa shape index (κ2) is 11.4. The Morgan fingerprint density at radius 2 is 1.86 bits per heavy atom. The SMILES string of the molecule is C[C@@H](Nc1ncnc2[nH]c(=O)c(N3CCS(=O)(=O)CC3)cc12)c1cccc(C(F)(F)CC2CN(C(=O)OC(C)(C)C)C2)c1. The molecule has 3 aromatic rings. The molecule has 0 radical (unpaired) electrons. The van der Waals surface area contributed by atoms with Gasteiger partial charge < -0.3 is 24.8 Å². The van der Waals surface area contributed by atoms with E-state index in [1.165, 1.54) is 23.4 Å². The monoisotopic (exact) mass is 618 g/mol. The van der Waals surface area contributed by atoms with Gasteiger partial charge in [-0.2, -0.15) is 0 Å². The molecule has 2 N–H and O–H groups in total. The number of amides is 1. The van der Waals surface area contributed by atoms with Crippen LogP contribution in [0.25, 0.3) is 11.0 Å². The summed E-state index contributed by atoms with van der Waals surface area (Å²) in [5, 5.41) is 3.76. The number of anilines is 2. The second-order valence-electron chi connectivity index (χ2n) is 12.3. The molecule has 2 aliphatic rings. The van der Waals surface area contributed by atoms with E-state index in [9.17, 15) is 18.0 Å². The lowest BCUT2D eigenvalue weighted by Crippen LogP contribution is -2.52. The van der Waals surface area contributed by atoms with Crippen LogP contribution >= 0.6 is 0 Å². The fourth-order valence-corrected chi connectivity index (χ4v) is 6.49. The molecule has 14 heteroatoms. The van der Waals surface area contributed by atoms with Gasteiger partial charge in [0.05, 0.1) is 16.9 Å². The van der Waals surface area contributed by atoms with Crippen molar-refractivity contribution in [2.75, 3.05) is 47.9 Å². The maximum Gasteiger partial charge on any atom is 0.410 e. The highest BCUT2D eigenvalue weighted by molar-refractivity contribution is 7.91. The first-order valence-corrected chi connectivity index (χ1v) is 16.0. The van der Waals surface area contributed by atoms with Crippen LogP contribution in [-0.4, -0.2) is 77.6 Å². The number of H-pyrrole nitrogens is 1. The second-order valence-corrected chi connectivity index (χ2v) is 14.6. The summed E-state index contributed by atoms with van der Waals surface area (Å²) in [4.78, 5) is 39.3. The zero-order valence-corrected chi connectivity index (χ0v) is 25.4. The fourth-order valence-electron chi connectivity index (χ4n) is 5.29. The topological polar surface area (TPSA) is 138 Å². The third-order valence-corrected chi connectivity index (χ3v) is 9.24. The van der Waals surface area contributed by atoms with Crippen LogP contribution in [-0.2, 0) is 20.5 Å². The Balaban J connectivity index is 1.29. The lowest BCUT2D eigenvalue weighted by molar-refractivity contribution is -0.0612. The average molecular weight is 619 g/mol. The van der Waals surface area contributed by atoms with Crippen molar-refractivity contribution in [3.8, 4) is 0 Å². The molecule has 0 unspecified atom stereocenters. The number of carbonyl (C=O) groups excluding carboxylic acids is 1. The van der Waals surface area contributed by atoms with Crippen molar-refractivity contribution >= 4 is 38.5 Å². The van der Waals surface area contributed by atoms with E-state index in [2.05, 4.69) is 20.3 Å². The Morgan fingerprint density at radius 3 is 2.53 bits per heavy atom. The van der Waals surface area contributed by atoms with E-state index in [0.717, 1.165) is 0 Å². The number of aromatic nitrogens is 3. The Morgan fingerprint density at radius 1 is 1.16 bits per heavy atom. The normalized spacial score (nSPS) is 18.3. The van der Waals surface area contributed by atoms with Gasteiger partial charge in [-0.15, -0.1) is 0 Å². The van der Waals surface area contributed by atoms with Crippen molar-refractivity contribution in [2.45, 2.75) is 51.7 Å². The van der Waals surface area contributed by atoms with Crippen LogP contribution in [0, 0.1) is 5.92 Å². The number of carbonyl (C=O) groups is 1. The highest BCUT2D eigenvalue weighted by Gasteiger charge is 2.42. The highest BCUT2D eigenvalue weighted by atomic mass is 32.2. The standard InChI is InChI=1S/C29H36F2N6O5S/c1-18(20-6-5-7-21(12-20)29(30,31)14-19-15-37(16-19)27(39)42-28(2,3)4)34-24-22-13-23(26(38)35-25(22)33-17-32-24)36-8-10-43(40,41)11-9-36/h5-7,12-13,17-19H,8-11,14-16H2,1-4H3,(H2,32,33,34,35,38)/t18-/m1/s1. The van der Waals surface area contributed by atoms with E-state index in [1.54, 1.807) is 43.9 Å². The maximum atomic E-state index is 15.4. The molecule has 2 aliphatic heterocycles. The summed E-state index contributed by atoms with van der Waals surface area (Å²) in [5.41, 5.74) is 0.0701. The van der Waals surface area contributed by atoms with Gasteiger partial charge in [-0.05, 0) is 45.4 Å². The van der Waals surface area contributed by atoms with Gasteiger partial charge in [-0.25, -0.2) is 32.0 Å². The van der Waals surface area contributed by atoms with Gasteiger partial charge in [0.15, 0.2) is 9.84 Å². The van der Waals surface area contributed by atoms with Crippen LogP contribution in [0.1, 0.15) is 51.3 Å². The van der Waals surface area contributed by atoms with Crippen LogP contribution in [0.15, 0.2) is 41.5 Å². The van der Waals surface area contributed by atoms with Gasteiger partial charge in [-0.1, -0.05) is 18.2 Å². The van der Waals surface area contributed by atoms with E-state index in [-0.39, 0.29) is 61.1 Å². The van der Waals surface area contributed by atoms with Crippen molar-refractivity contribution in [2.24, 2.45) is 5.92 Å². The minimum absolute atomic E-state index is 0.0401. The molecule has 11 nitrogen and oxygen atoms in total. The van der Waals surface area contributed by atoms with Crippen LogP contribution < -0.4 is 15.8 Å². The highest BCUT2D eigenvalue weighted by Crippen LogP contribution is 2.39. The average Bonchev–Trinajstić information content (AvgIpc) is 2.89. The van der Waals surface area contributed by atoms with Crippen molar-refractivity contribution in [1.82, 2.24) is 19.9 Å². The number of hydrogen-bond donors (Lipinski definition) is 2. The number of aromatic amines is 1. The van der Waals surface area contributed by atoms with Crippen LogP contribution in [0.4, 0.5) is 25.1 Å². The molecular formula is C29H36F2N6O5S. The van der Waals surface area contributed by atoms with Crippen molar-refractivity contribution < 1.29 is 26.7 Å². The Hall–Kier alpha value is -3.81.